The highest BCUT2D eigenvalue weighted by Crippen LogP contribution is 2.37. The highest BCUT2D eigenvalue weighted by molar-refractivity contribution is 8.16. The highest BCUT2D eigenvalue weighted by Gasteiger charge is 2.31. The van der Waals surface area contributed by atoms with E-state index in [0.717, 1.165) is 22.4 Å². The van der Waals surface area contributed by atoms with Crippen LogP contribution in [-0.4, -0.2) is 35.6 Å². The first-order valence-electron chi connectivity index (χ1n) is 9.71. The second-order valence-electron chi connectivity index (χ2n) is 7.14. The second kappa shape index (κ2) is 9.16. The summed E-state index contributed by atoms with van der Waals surface area (Å²) in [4.78, 5) is 40.1. The van der Waals surface area contributed by atoms with Gasteiger partial charge in [0.25, 0.3) is 5.56 Å². The van der Waals surface area contributed by atoms with E-state index in [1.54, 1.807) is 6.08 Å². The van der Waals surface area contributed by atoms with Crippen LogP contribution in [0, 0.1) is 5.82 Å². The van der Waals surface area contributed by atoms with Crippen molar-refractivity contribution in [3.05, 3.63) is 73.5 Å². The van der Waals surface area contributed by atoms with Gasteiger partial charge in [-0.2, -0.15) is 0 Å². The number of carbonyl (C=O) groups excluding carboxylic acids is 1. The van der Waals surface area contributed by atoms with Crippen molar-refractivity contribution in [2.24, 2.45) is 0 Å². The van der Waals surface area contributed by atoms with E-state index in [2.05, 4.69) is 15.6 Å². The van der Waals surface area contributed by atoms with Crippen molar-refractivity contribution in [3.63, 3.8) is 0 Å². The van der Waals surface area contributed by atoms with E-state index in [1.165, 1.54) is 37.4 Å². The Balaban J connectivity index is 1.55. The lowest BCUT2D eigenvalue weighted by Crippen LogP contribution is -2.38. The Hall–Kier alpha value is -3.29. The Morgan fingerprint density at radius 2 is 1.94 bits per heavy atom. The van der Waals surface area contributed by atoms with Gasteiger partial charge in [0.15, 0.2) is 0 Å². The number of rotatable bonds is 5. The van der Waals surface area contributed by atoms with E-state index < -0.39 is 37.7 Å². The van der Waals surface area contributed by atoms with Crippen LogP contribution in [0.5, 0.6) is 0 Å². The zero-order chi connectivity index (χ0) is 24.6. The van der Waals surface area contributed by atoms with Crippen LogP contribution in [0.4, 0.5) is 20.6 Å². The van der Waals surface area contributed by atoms with Crippen molar-refractivity contribution in [2.75, 3.05) is 17.7 Å². The summed E-state index contributed by atoms with van der Waals surface area (Å²) in [6.07, 6.45) is 1.73. The van der Waals surface area contributed by atoms with Crippen LogP contribution in [0.2, 0.25) is 0 Å². The number of aromatic nitrogens is 2. The van der Waals surface area contributed by atoms with Gasteiger partial charge in [0.05, 0.1) is 26.6 Å². The van der Waals surface area contributed by atoms with Crippen LogP contribution in [0.15, 0.2) is 56.4 Å². The van der Waals surface area contributed by atoms with E-state index in [1.807, 2.05) is 4.72 Å². The summed E-state index contributed by atoms with van der Waals surface area (Å²) in [5.41, 5.74) is -0.801. The van der Waals surface area contributed by atoms with Gasteiger partial charge in [0.1, 0.15) is 10.4 Å². The molecule has 0 spiro atoms. The fraction of sp³-hybridized carbons (Fsp3) is 0.150. The number of anilines is 2. The number of halogens is 2. The van der Waals surface area contributed by atoms with Crippen LogP contribution in [0.25, 0.3) is 16.6 Å². The Bertz CT molecular complexity index is 1550. The minimum absolute atomic E-state index is 0.0257. The van der Waals surface area contributed by atoms with Gasteiger partial charge in [-0.3, -0.25) is 4.79 Å². The molecule has 0 saturated carbocycles. The number of carbonyl (C=O) groups is 1. The molecule has 10 nitrogen and oxygen atoms in total. The third kappa shape index (κ3) is 4.67. The molecule has 1 aromatic heterocycles. The van der Waals surface area contributed by atoms with Crippen LogP contribution >= 0.6 is 23.4 Å². The van der Waals surface area contributed by atoms with Crippen LogP contribution < -0.4 is 26.6 Å². The summed E-state index contributed by atoms with van der Waals surface area (Å²) in [7, 11) is -2.46. The Morgan fingerprint density at radius 1 is 1.24 bits per heavy atom. The lowest BCUT2D eigenvalue weighted by Gasteiger charge is -2.13. The molecule has 0 saturated heterocycles. The number of nitrogens with zero attached hydrogens (tertiary/aromatic N) is 1. The first-order chi connectivity index (χ1) is 16.1. The average Bonchev–Trinajstić information content (AvgIpc) is 3.22. The number of nitrogens with one attached hydrogen (secondary N) is 4. The molecule has 3 aromatic rings. The molecule has 2 heterocycles. The van der Waals surface area contributed by atoms with Gasteiger partial charge in [0, 0.05) is 12.7 Å². The van der Waals surface area contributed by atoms with E-state index in [0.29, 0.717) is 4.36 Å². The van der Waals surface area contributed by atoms with Crippen molar-refractivity contribution < 1.29 is 17.6 Å². The minimum atomic E-state index is -3.97. The van der Waals surface area contributed by atoms with Gasteiger partial charge in [-0.25, -0.2) is 31.7 Å². The maximum absolute atomic E-state index is 14.1. The third-order valence-electron chi connectivity index (χ3n) is 4.93. The molecule has 2 amide bonds. The van der Waals surface area contributed by atoms with E-state index in [9.17, 15) is 27.2 Å². The third-order valence-corrected chi connectivity index (χ3v) is 8.61. The Labute approximate surface area is 201 Å². The molecular weight excluding hydrogens is 509 g/mol. The predicted molar refractivity (Wildman–Crippen MR) is 131 cm³/mol. The summed E-state index contributed by atoms with van der Waals surface area (Å²) >= 11 is 6.71. The monoisotopic (exact) mass is 525 g/mol. The molecule has 1 atom stereocenters. The van der Waals surface area contributed by atoms with Gasteiger partial charge in [-0.15, -0.1) is 0 Å². The van der Waals surface area contributed by atoms with Gasteiger partial charge in [0.2, 0.25) is 10.0 Å². The number of thioether (sulfide) groups is 1. The lowest BCUT2D eigenvalue weighted by molar-refractivity contribution is 0.256. The van der Waals surface area contributed by atoms with Crippen LogP contribution in [0.1, 0.15) is 6.42 Å². The number of amides is 2. The number of aromatic amines is 1. The van der Waals surface area contributed by atoms with Gasteiger partial charge in [-0.05, 0) is 42.8 Å². The molecule has 14 heteroatoms. The molecule has 0 radical (unpaired) electrons. The van der Waals surface area contributed by atoms with E-state index in [-0.39, 0.29) is 34.4 Å². The molecular formula is C20H17ClFN5O5S2. The molecule has 1 aliphatic rings. The first kappa shape index (κ1) is 23.9. The number of H-pyrrole nitrogens is 1. The SMILES string of the molecule is CNc1cc2[nH]c(=O)n(-c3ccc(NC(=O)NS(=O)(=O)C4CC=C(Cl)S4)cc3)c(=O)c2cc1F. The van der Waals surface area contributed by atoms with Crippen LogP contribution in [-0.2, 0) is 10.0 Å². The molecule has 1 aliphatic heterocycles. The zero-order valence-electron chi connectivity index (χ0n) is 17.4. The summed E-state index contributed by atoms with van der Waals surface area (Å²) < 4.78 is 40.9. The molecule has 0 fully saturated rings. The van der Waals surface area contributed by atoms with E-state index >= 15 is 0 Å². The average molecular weight is 526 g/mol. The number of allylic oxidation sites excluding steroid dienone is 1. The minimum Gasteiger partial charge on any atom is -0.386 e. The fourth-order valence-electron chi connectivity index (χ4n) is 3.31. The van der Waals surface area contributed by atoms with Crippen molar-refractivity contribution >= 4 is 61.7 Å². The smallest absolute Gasteiger partial charge is 0.333 e. The number of hydrogen-bond acceptors (Lipinski definition) is 7. The van der Waals surface area contributed by atoms with Crippen molar-refractivity contribution in [3.8, 4) is 5.69 Å². The van der Waals surface area contributed by atoms with Crippen molar-refractivity contribution in [1.29, 1.82) is 0 Å². The van der Waals surface area contributed by atoms with E-state index in [4.69, 9.17) is 11.6 Å². The number of hydrogen-bond donors (Lipinski definition) is 4. The Kier molecular flexibility index (Phi) is 6.43. The topological polar surface area (TPSA) is 142 Å². The number of urea groups is 1. The van der Waals surface area contributed by atoms with Crippen LogP contribution in [0.3, 0.4) is 0 Å². The fourth-order valence-corrected chi connectivity index (χ4v) is 6.27. The molecule has 34 heavy (non-hydrogen) atoms. The molecule has 4 N–H and O–H groups in total. The molecule has 4 rings (SSSR count). The maximum Gasteiger partial charge on any atom is 0.333 e. The number of benzene rings is 2. The first-order valence-corrected chi connectivity index (χ1v) is 12.5. The molecule has 2 aromatic carbocycles. The van der Waals surface area contributed by atoms with Crippen molar-refractivity contribution in [1.82, 2.24) is 14.3 Å². The molecule has 0 bridgehead atoms. The van der Waals surface area contributed by atoms with Crippen molar-refractivity contribution in [2.45, 2.75) is 11.0 Å². The Morgan fingerprint density at radius 3 is 2.56 bits per heavy atom. The lowest BCUT2D eigenvalue weighted by atomic mass is 10.2. The predicted octanol–water partition coefficient (Wildman–Crippen LogP) is 2.85. The number of fused-ring (bicyclic) bond motifs is 1. The molecule has 178 valence electrons. The molecule has 1 unspecified atom stereocenters. The molecule has 0 aliphatic carbocycles. The van der Waals surface area contributed by atoms with Gasteiger partial charge in [-0.1, -0.05) is 29.4 Å². The summed E-state index contributed by atoms with van der Waals surface area (Å²) in [5.74, 6) is -0.653. The van der Waals surface area contributed by atoms with Gasteiger partial charge < -0.3 is 15.6 Å². The summed E-state index contributed by atoms with van der Waals surface area (Å²) in [5, 5.41) is 4.98. The second-order valence-corrected chi connectivity index (χ2v) is 11.2. The standard InChI is InChI=1S/C20H17ClFN5O5S2/c1-23-15-9-14-12(8-13(15)22)18(28)27(20(30)25-14)11-4-2-10(3-5-11)24-19(29)26-34(31,32)17-7-6-16(21)33-17/h2-6,8-9,17,23H,7H2,1H3,(H,25,30)(H2,24,26,29). The van der Waals surface area contributed by atoms with Gasteiger partial charge >= 0.3 is 11.7 Å². The quantitative estimate of drug-likeness (QED) is 0.401. The summed E-state index contributed by atoms with van der Waals surface area (Å²) in [6, 6.07) is 6.89. The normalized spacial score (nSPS) is 15.7. The maximum atomic E-state index is 14.1. The highest BCUT2D eigenvalue weighted by atomic mass is 35.5. The largest absolute Gasteiger partial charge is 0.386 e. The number of sulfonamides is 1. The zero-order valence-corrected chi connectivity index (χ0v) is 19.8. The summed E-state index contributed by atoms with van der Waals surface area (Å²) in [6.45, 7) is 0.